The van der Waals surface area contributed by atoms with Crippen LogP contribution in [0.5, 0.6) is 0 Å². The maximum absolute atomic E-state index is 11.9. The van der Waals surface area contributed by atoms with Gasteiger partial charge in [-0.25, -0.2) is 4.79 Å². The van der Waals surface area contributed by atoms with Gasteiger partial charge in [-0.05, 0) is 25.0 Å². The first kappa shape index (κ1) is 13.4. The molecule has 0 N–H and O–H groups in total. The Morgan fingerprint density at radius 2 is 1.10 bits per heavy atom. The molecule has 21 heavy (non-hydrogen) atoms. The maximum atomic E-state index is 11.9. The van der Waals surface area contributed by atoms with Gasteiger partial charge in [0, 0.05) is 0 Å². The van der Waals surface area contributed by atoms with E-state index >= 15 is 0 Å². The standard InChI is InChI=1S/C18H16N2O/c1-18(2)15(13-9-5-3-6-10-13)19-17(21)20-16(18)14-11-7-4-8-12-14/h3-12H,1-2H3. The molecule has 1 aliphatic rings. The summed E-state index contributed by atoms with van der Waals surface area (Å²) < 4.78 is 0. The smallest absolute Gasteiger partial charge is 0.244 e. The monoisotopic (exact) mass is 276 g/mol. The average Bonchev–Trinajstić information content (AvgIpc) is 2.51. The number of hydrogen-bond donors (Lipinski definition) is 0. The first-order valence-corrected chi connectivity index (χ1v) is 6.92. The minimum Gasteiger partial charge on any atom is -0.244 e. The lowest BCUT2D eigenvalue weighted by atomic mass is 9.76. The third-order valence-corrected chi connectivity index (χ3v) is 3.69. The van der Waals surface area contributed by atoms with Crippen molar-refractivity contribution >= 4 is 17.5 Å². The number of nitrogens with zero attached hydrogens (tertiary/aromatic N) is 2. The van der Waals surface area contributed by atoms with E-state index < -0.39 is 11.4 Å². The normalized spacial score (nSPS) is 17.1. The Labute approximate surface area is 124 Å². The van der Waals surface area contributed by atoms with Crippen LogP contribution in [0.15, 0.2) is 70.6 Å². The minimum absolute atomic E-state index is 0.420. The molecular weight excluding hydrogens is 260 g/mol. The molecule has 0 saturated carbocycles. The van der Waals surface area contributed by atoms with E-state index in [0.29, 0.717) is 0 Å². The molecule has 3 nitrogen and oxygen atoms in total. The number of carbonyl (C=O) groups excluding carboxylic acids is 1. The predicted octanol–water partition coefficient (Wildman–Crippen LogP) is 4.12. The molecule has 0 aliphatic carbocycles. The Morgan fingerprint density at radius 1 is 0.714 bits per heavy atom. The molecule has 2 aromatic carbocycles. The molecule has 0 bridgehead atoms. The van der Waals surface area contributed by atoms with Crippen molar-refractivity contribution in [1.82, 2.24) is 0 Å². The van der Waals surface area contributed by atoms with Gasteiger partial charge in [0.15, 0.2) is 0 Å². The van der Waals surface area contributed by atoms with Crippen LogP contribution in [0.4, 0.5) is 4.79 Å². The van der Waals surface area contributed by atoms with Crippen LogP contribution in [-0.4, -0.2) is 17.5 Å². The van der Waals surface area contributed by atoms with Gasteiger partial charge in [-0.2, -0.15) is 9.98 Å². The molecule has 104 valence electrons. The van der Waals surface area contributed by atoms with Gasteiger partial charge in [0.25, 0.3) is 0 Å². The molecule has 0 radical (unpaired) electrons. The van der Waals surface area contributed by atoms with E-state index in [2.05, 4.69) is 23.8 Å². The summed E-state index contributed by atoms with van der Waals surface area (Å²) in [4.78, 5) is 20.3. The van der Waals surface area contributed by atoms with Crippen LogP contribution in [0.1, 0.15) is 25.0 Å². The molecule has 2 aromatic rings. The fourth-order valence-electron chi connectivity index (χ4n) is 2.65. The molecule has 3 rings (SSSR count). The highest BCUT2D eigenvalue weighted by Gasteiger charge is 2.36. The number of amides is 2. The first-order chi connectivity index (χ1) is 10.1. The highest BCUT2D eigenvalue weighted by atomic mass is 16.2. The van der Waals surface area contributed by atoms with Gasteiger partial charge in [0.2, 0.25) is 0 Å². The van der Waals surface area contributed by atoms with Gasteiger partial charge in [-0.1, -0.05) is 60.7 Å². The zero-order chi connectivity index (χ0) is 14.9. The van der Waals surface area contributed by atoms with Gasteiger partial charge in [-0.3, -0.25) is 0 Å². The van der Waals surface area contributed by atoms with Crippen molar-refractivity contribution in [3.05, 3.63) is 71.8 Å². The van der Waals surface area contributed by atoms with Crippen LogP contribution >= 0.6 is 0 Å². The van der Waals surface area contributed by atoms with Gasteiger partial charge >= 0.3 is 6.03 Å². The van der Waals surface area contributed by atoms with Gasteiger partial charge in [0.05, 0.1) is 16.8 Å². The summed E-state index contributed by atoms with van der Waals surface area (Å²) in [6.45, 7) is 4.11. The zero-order valence-corrected chi connectivity index (χ0v) is 12.1. The summed E-state index contributed by atoms with van der Waals surface area (Å²) in [7, 11) is 0. The lowest BCUT2D eigenvalue weighted by molar-refractivity contribution is 0.256. The second kappa shape index (κ2) is 5.09. The zero-order valence-electron chi connectivity index (χ0n) is 12.1. The summed E-state index contributed by atoms with van der Waals surface area (Å²) >= 11 is 0. The fourth-order valence-corrected chi connectivity index (χ4v) is 2.65. The first-order valence-electron chi connectivity index (χ1n) is 6.92. The van der Waals surface area contributed by atoms with Crippen molar-refractivity contribution in [2.75, 3.05) is 0 Å². The molecule has 1 aliphatic heterocycles. The number of carbonyl (C=O) groups is 1. The summed E-state index contributed by atoms with van der Waals surface area (Å²) in [5.41, 5.74) is 3.03. The number of hydrogen-bond acceptors (Lipinski definition) is 1. The van der Waals surface area contributed by atoms with Crippen LogP contribution in [0.25, 0.3) is 0 Å². The SMILES string of the molecule is CC1(C)C(c2ccccc2)=NC(=O)N=C1c1ccccc1. The topological polar surface area (TPSA) is 41.8 Å². The molecule has 0 saturated heterocycles. The summed E-state index contributed by atoms with van der Waals surface area (Å²) in [6, 6.07) is 19.2. The Balaban J connectivity index is 2.12. The number of aliphatic imine (C=N–C) groups is 2. The van der Waals surface area contributed by atoms with Crippen LogP contribution in [0.3, 0.4) is 0 Å². The van der Waals surface area contributed by atoms with Gasteiger partial charge < -0.3 is 0 Å². The second-order valence-corrected chi connectivity index (χ2v) is 5.56. The number of urea groups is 1. The predicted molar refractivity (Wildman–Crippen MR) is 85.1 cm³/mol. The largest absolute Gasteiger partial charge is 0.367 e. The van der Waals surface area contributed by atoms with E-state index in [1.807, 2.05) is 60.7 Å². The molecule has 0 aromatic heterocycles. The Bertz CT molecular complexity index is 667. The minimum atomic E-state index is -0.438. The van der Waals surface area contributed by atoms with Crippen LogP contribution in [-0.2, 0) is 0 Å². The van der Waals surface area contributed by atoms with Crippen molar-refractivity contribution in [1.29, 1.82) is 0 Å². The van der Waals surface area contributed by atoms with E-state index in [9.17, 15) is 4.79 Å². The molecular formula is C18H16N2O. The van der Waals surface area contributed by atoms with Crippen molar-refractivity contribution in [3.8, 4) is 0 Å². The third kappa shape index (κ3) is 2.42. The molecule has 0 unspecified atom stereocenters. The van der Waals surface area contributed by atoms with E-state index in [1.54, 1.807) is 0 Å². The van der Waals surface area contributed by atoms with Crippen molar-refractivity contribution in [2.45, 2.75) is 13.8 Å². The van der Waals surface area contributed by atoms with Crippen LogP contribution < -0.4 is 0 Å². The summed E-state index contributed by atoms with van der Waals surface area (Å²) in [5, 5.41) is 0. The van der Waals surface area contributed by atoms with Crippen molar-refractivity contribution < 1.29 is 4.79 Å². The highest BCUT2D eigenvalue weighted by molar-refractivity contribution is 6.29. The molecule has 0 spiro atoms. The summed E-state index contributed by atoms with van der Waals surface area (Å²) in [6.07, 6.45) is 0. The van der Waals surface area contributed by atoms with Crippen LogP contribution in [0.2, 0.25) is 0 Å². The van der Waals surface area contributed by atoms with Crippen molar-refractivity contribution in [3.63, 3.8) is 0 Å². The van der Waals surface area contributed by atoms with Gasteiger partial charge in [0.1, 0.15) is 0 Å². The molecule has 3 heteroatoms. The average molecular weight is 276 g/mol. The van der Waals surface area contributed by atoms with Gasteiger partial charge in [-0.15, -0.1) is 0 Å². The maximum Gasteiger partial charge on any atom is 0.367 e. The summed E-state index contributed by atoms with van der Waals surface area (Å²) in [5.74, 6) is 0. The Hall–Kier alpha value is -2.55. The second-order valence-electron chi connectivity index (χ2n) is 5.56. The molecule has 0 atom stereocenters. The van der Waals surface area contributed by atoms with E-state index in [-0.39, 0.29) is 0 Å². The Kier molecular flexibility index (Phi) is 3.26. The molecule has 1 heterocycles. The van der Waals surface area contributed by atoms with Crippen LogP contribution in [0, 0.1) is 5.41 Å². The number of rotatable bonds is 2. The third-order valence-electron chi connectivity index (χ3n) is 3.69. The number of benzene rings is 2. The van der Waals surface area contributed by atoms with E-state index in [1.165, 1.54) is 0 Å². The molecule has 2 amide bonds. The van der Waals surface area contributed by atoms with Crippen molar-refractivity contribution in [2.24, 2.45) is 15.4 Å². The lowest BCUT2D eigenvalue weighted by Gasteiger charge is -2.31. The quantitative estimate of drug-likeness (QED) is 0.813. The fraction of sp³-hybridized carbons (Fsp3) is 0.167. The highest BCUT2D eigenvalue weighted by Crippen LogP contribution is 2.31. The lowest BCUT2D eigenvalue weighted by Crippen LogP contribution is -2.38. The van der Waals surface area contributed by atoms with E-state index in [4.69, 9.17) is 0 Å². The van der Waals surface area contributed by atoms with E-state index in [0.717, 1.165) is 22.6 Å². The molecule has 0 fully saturated rings. The Morgan fingerprint density at radius 3 is 1.48 bits per heavy atom.